The van der Waals surface area contributed by atoms with E-state index < -0.39 is 23.7 Å². The van der Waals surface area contributed by atoms with E-state index in [1.807, 2.05) is 0 Å². The van der Waals surface area contributed by atoms with Gasteiger partial charge in [0, 0.05) is 22.1 Å². The lowest BCUT2D eigenvalue weighted by molar-refractivity contribution is -0.138. The van der Waals surface area contributed by atoms with Crippen LogP contribution < -0.4 is 15.5 Å². The number of furan rings is 1. The molecule has 2 aromatic carbocycles. The Morgan fingerprint density at radius 3 is 2.39 bits per heavy atom. The van der Waals surface area contributed by atoms with Crippen LogP contribution in [0.2, 0.25) is 5.02 Å². The molecule has 0 saturated heterocycles. The van der Waals surface area contributed by atoms with Gasteiger partial charge < -0.3 is 19.8 Å². The molecule has 3 amide bonds. The Kier molecular flexibility index (Phi) is 8.08. The average molecular weight is 534 g/mol. The first kappa shape index (κ1) is 26.4. The second kappa shape index (κ2) is 11.6. The number of halogens is 1. The molecule has 1 aliphatic heterocycles. The summed E-state index contributed by atoms with van der Waals surface area (Å²) >= 11 is 5.99. The number of hydrogen-bond donors (Lipinski definition) is 2. The van der Waals surface area contributed by atoms with E-state index in [0.717, 1.165) is 0 Å². The van der Waals surface area contributed by atoms with E-state index in [1.165, 1.54) is 11.0 Å². The summed E-state index contributed by atoms with van der Waals surface area (Å²) in [7, 11) is 0. The lowest BCUT2D eigenvalue weighted by Crippen LogP contribution is -2.34. The number of hydrogen-bond acceptors (Lipinski definition) is 6. The fourth-order valence-corrected chi connectivity index (χ4v) is 3.97. The van der Waals surface area contributed by atoms with Gasteiger partial charge in [-0.2, -0.15) is 0 Å². The Hall–Kier alpha value is -4.63. The summed E-state index contributed by atoms with van der Waals surface area (Å²) in [6.07, 6.45) is 1.45. The van der Waals surface area contributed by atoms with Crippen molar-refractivity contribution in [2.45, 2.75) is 20.4 Å². The predicted molar refractivity (Wildman–Crippen MR) is 142 cm³/mol. The van der Waals surface area contributed by atoms with Crippen LogP contribution in [-0.2, 0) is 30.5 Å². The third-order valence-electron chi connectivity index (χ3n) is 5.59. The van der Waals surface area contributed by atoms with Gasteiger partial charge in [0.15, 0.2) is 0 Å². The summed E-state index contributed by atoms with van der Waals surface area (Å²) in [6, 6.07) is 18.4. The molecule has 2 N–H and O–H groups in total. The third kappa shape index (κ3) is 5.84. The Morgan fingerprint density at radius 1 is 1.00 bits per heavy atom. The van der Waals surface area contributed by atoms with Gasteiger partial charge in [-0.15, -0.1) is 0 Å². The van der Waals surface area contributed by atoms with Crippen molar-refractivity contribution in [1.29, 1.82) is 0 Å². The van der Waals surface area contributed by atoms with Crippen LogP contribution >= 0.6 is 11.6 Å². The van der Waals surface area contributed by atoms with Gasteiger partial charge in [0.25, 0.3) is 5.91 Å². The Bertz CT molecular complexity index is 1440. The summed E-state index contributed by atoms with van der Waals surface area (Å²) in [6.45, 7) is 3.41. The Labute approximate surface area is 223 Å². The lowest BCUT2D eigenvalue weighted by atomic mass is 10.1. The number of rotatable bonds is 7. The van der Waals surface area contributed by atoms with Gasteiger partial charge in [0.1, 0.15) is 11.5 Å². The van der Waals surface area contributed by atoms with E-state index in [2.05, 4.69) is 10.6 Å². The summed E-state index contributed by atoms with van der Waals surface area (Å²) in [4.78, 5) is 51.8. The highest BCUT2D eigenvalue weighted by Crippen LogP contribution is 2.36. The van der Waals surface area contributed by atoms with E-state index in [0.29, 0.717) is 27.9 Å². The van der Waals surface area contributed by atoms with Crippen molar-refractivity contribution >= 4 is 52.7 Å². The minimum Gasteiger partial charge on any atom is -0.462 e. The molecule has 0 fully saturated rings. The Balaban J connectivity index is 1.51. The Morgan fingerprint density at radius 2 is 1.71 bits per heavy atom. The maximum absolute atomic E-state index is 13.4. The van der Waals surface area contributed by atoms with Crippen LogP contribution in [0.3, 0.4) is 0 Å². The van der Waals surface area contributed by atoms with Gasteiger partial charge >= 0.3 is 17.8 Å². The van der Waals surface area contributed by atoms with Crippen LogP contribution in [0.25, 0.3) is 6.08 Å². The monoisotopic (exact) mass is 533 g/mol. The number of amides is 3. The minimum absolute atomic E-state index is 0.0609. The highest BCUT2D eigenvalue weighted by molar-refractivity contribution is 6.39. The predicted octanol–water partition coefficient (Wildman–Crippen LogP) is 4.46. The first-order valence-electron chi connectivity index (χ1n) is 11.7. The van der Waals surface area contributed by atoms with Gasteiger partial charge in [-0.05, 0) is 68.5 Å². The molecular weight excluding hydrogens is 510 g/mol. The third-order valence-corrected chi connectivity index (χ3v) is 5.85. The van der Waals surface area contributed by atoms with E-state index in [1.54, 1.807) is 80.6 Å². The first-order valence-corrected chi connectivity index (χ1v) is 12.1. The van der Waals surface area contributed by atoms with Crippen LogP contribution in [0.15, 0.2) is 88.0 Å². The molecule has 0 atom stereocenters. The number of para-hydroxylation sites is 1. The average Bonchev–Trinajstić information content (AvgIpc) is 3.45. The van der Waals surface area contributed by atoms with E-state index >= 15 is 0 Å². The fourth-order valence-electron chi connectivity index (χ4n) is 3.85. The molecule has 4 rings (SSSR count). The SMILES string of the molecule is CCOC(=O)C1=C(C)N(c2ccc(Cl)cc2)C(=O)/C1=C/c1ccc(CNC(=O)C(=O)Nc2ccccc2)o1. The van der Waals surface area contributed by atoms with E-state index in [9.17, 15) is 19.2 Å². The van der Waals surface area contributed by atoms with Gasteiger partial charge in [0.05, 0.1) is 24.3 Å². The molecule has 0 bridgehead atoms. The summed E-state index contributed by atoms with van der Waals surface area (Å²) in [5.41, 5.74) is 1.66. The van der Waals surface area contributed by atoms with Gasteiger partial charge in [0.2, 0.25) is 0 Å². The quantitative estimate of drug-likeness (QED) is 0.263. The van der Waals surface area contributed by atoms with Gasteiger partial charge in [-0.3, -0.25) is 19.3 Å². The van der Waals surface area contributed by atoms with Crippen molar-refractivity contribution in [3.8, 4) is 0 Å². The van der Waals surface area contributed by atoms with Crippen LogP contribution in [0.5, 0.6) is 0 Å². The highest BCUT2D eigenvalue weighted by Gasteiger charge is 2.38. The molecule has 0 unspecified atom stereocenters. The lowest BCUT2D eigenvalue weighted by Gasteiger charge is -2.17. The van der Waals surface area contributed by atoms with Crippen LogP contribution in [-0.4, -0.2) is 30.3 Å². The maximum Gasteiger partial charge on any atom is 0.340 e. The summed E-state index contributed by atoms with van der Waals surface area (Å²) in [5, 5.41) is 5.49. The number of benzene rings is 2. The number of nitrogens with one attached hydrogen (secondary N) is 2. The second-order valence-corrected chi connectivity index (χ2v) is 8.60. The van der Waals surface area contributed by atoms with Crippen LogP contribution in [0.1, 0.15) is 25.4 Å². The van der Waals surface area contributed by atoms with Gasteiger partial charge in [-0.25, -0.2) is 4.79 Å². The molecule has 10 heteroatoms. The molecule has 1 aliphatic rings. The minimum atomic E-state index is -0.835. The van der Waals surface area contributed by atoms with Gasteiger partial charge in [-0.1, -0.05) is 29.8 Å². The highest BCUT2D eigenvalue weighted by atomic mass is 35.5. The number of allylic oxidation sites excluding steroid dienone is 1. The second-order valence-electron chi connectivity index (χ2n) is 8.16. The van der Waals surface area contributed by atoms with Crippen molar-refractivity contribution in [3.63, 3.8) is 0 Å². The zero-order valence-corrected chi connectivity index (χ0v) is 21.4. The van der Waals surface area contributed by atoms with E-state index in [-0.39, 0.29) is 30.1 Å². The van der Waals surface area contributed by atoms with Crippen LogP contribution in [0, 0.1) is 0 Å². The number of anilines is 2. The molecule has 0 saturated carbocycles. The number of nitrogens with zero attached hydrogens (tertiary/aromatic N) is 1. The van der Waals surface area contributed by atoms with Crippen LogP contribution in [0.4, 0.5) is 11.4 Å². The zero-order valence-electron chi connectivity index (χ0n) is 20.6. The van der Waals surface area contributed by atoms with E-state index in [4.69, 9.17) is 20.8 Å². The molecule has 38 heavy (non-hydrogen) atoms. The topological polar surface area (TPSA) is 118 Å². The number of carbonyl (C=O) groups excluding carboxylic acids is 4. The first-order chi connectivity index (χ1) is 18.3. The van der Waals surface area contributed by atoms with Crippen molar-refractivity contribution < 1.29 is 28.3 Å². The normalized spacial score (nSPS) is 14.1. The van der Waals surface area contributed by atoms with Crippen molar-refractivity contribution in [3.05, 3.63) is 100 Å². The van der Waals surface area contributed by atoms with Crippen molar-refractivity contribution in [1.82, 2.24) is 5.32 Å². The number of ether oxygens (including phenoxy) is 1. The largest absolute Gasteiger partial charge is 0.462 e. The van der Waals surface area contributed by atoms with Crippen molar-refractivity contribution in [2.75, 3.05) is 16.8 Å². The molecule has 0 spiro atoms. The molecular formula is C28H24ClN3O6. The molecule has 2 heterocycles. The molecule has 9 nitrogen and oxygen atoms in total. The van der Waals surface area contributed by atoms with Crippen molar-refractivity contribution in [2.24, 2.45) is 0 Å². The molecule has 1 aromatic heterocycles. The fraction of sp³-hybridized carbons (Fsp3) is 0.143. The molecule has 194 valence electrons. The standard InChI is InChI=1S/C28H24ClN3O6/c1-3-37-28(36)24-17(2)32(20-11-9-18(29)10-12-20)27(35)23(24)15-21-13-14-22(38-21)16-30-25(33)26(34)31-19-7-5-4-6-8-19/h4-15H,3,16H2,1-2H3,(H,30,33)(H,31,34)/b23-15+. The summed E-state index contributed by atoms with van der Waals surface area (Å²) in [5.74, 6) is -2.10. The number of esters is 1. The maximum atomic E-state index is 13.4. The zero-order chi connectivity index (χ0) is 27.2. The molecule has 0 radical (unpaired) electrons. The summed E-state index contributed by atoms with van der Waals surface area (Å²) < 4.78 is 10.9. The smallest absolute Gasteiger partial charge is 0.340 e. The number of carbonyl (C=O) groups is 4. The molecule has 3 aromatic rings. The molecule has 0 aliphatic carbocycles.